The van der Waals surface area contributed by atoms with Crippen LogP contribution >= 0.6 is 0 Å². The summed E-state index contributed by atoms with van der Waals surface area (Å²) in [5.41, 5.74) is 3.33. The van der Waals surface area contributed by atoms with Crippen LogP contribution in [0.3, 0.4) is 0 Å². The molecule has 1 amide bonds. The average molecular weight is 476 g/mol. The Labute approximate surface area is 205 Å². The lowest BCUT2D eigenvalue weighted by atomic mass is 9.89. The Morgan fingerprint density at radius 1 is 0.886 bits per heavy atom. The van der Waals surface area contributed by atoms with E-state index in [1.54, 1.807) is 26.4 Å². The molecule has 0 radical (unpaired) electrons. The molecule has 0 spiro atoms. The lowest BCUT2D eigenvalue weighted by Crippen LogP contribution is -2.61. The molecule has 2 atom stereocenters. The quantitative estimate of drug-likeness (QED) is 0.338. The molecule has 0 aliphatic carbocycles. The summed E-state index contributed by atoms with van der Waals surface area (Å²) in [7, 11) is 4.55. The Balaban J connectivity index is 1.57. The summed E-state index contributed by atoms with van der Waals surface area (Å²) in [6.45, 7) is 2.46. The van der Waals surface area contributed by atoms with Crippen molar-refractivity contribution in [1.29, 1.82) is 0 Å². The van der Waals surface area contributed by atoms with Gasteiger partial charge in [0.1, 0.15) is 11.8 Å². The zero-order valence-electron chi connectivity index (χ0n) is 20.3. The van der Waals surface area contributed by atoms with E-state index in [9.17, 15) is 9.59 Å². The van der Waals surface area contributed by atoms with Crippen LogP contribution in [-0.4, -0.2) is 50.8 Å². The second-order valence-electron chi connectivity index (χ2n) is 8.33. The third-order valence-corrected chi connectivity index (χ3v) is 6.26. The number of carbonyl (C=O) groups excluding carboxylic acids is 2. The number of amides is 1. The topological polar surface area (TPSA) is 74.3 Å². The first kappa shape index (κ1) is 24.1. The molecule has 0 N–H and O–H groups in total. The summed E-state index contributed by atoms with van der Waals surface area (Å²) in [5, 5.41) is 0. The normalized spacial score (nSPS) is 16.9. The minimum absolute atomic E-state index is 0.0734. The van der Waals surface area contributed by atoms with Gasteiger partial charge >= 0.3 is 5.97 Å². The fourth-order valence-electron chi connectivity index (χ4n) is 4.28. The predicted molar refractivity (Wildman–Crippen MR) is 131 cm³/mol. The zero-order chi connectivity index (χ0) is 24.9. The van der Waals surface area contributed by atoms with Crippen LogP contribution in [0.2, 0.25) is 0 Å². The molecule has 3 aromatic carbocycles. The van der Waals surface area contributed by atoms with Crippen LogP contribution < -0.4 is 14.2 Å². The number of ether oxygens (including phenoxy) is 4. The van der Waals surface area contributed by atoms with E-state index in [-0.39, 0.29) is 11.9 Å². The van der Waals surface area contributed by atoms with Gasteiger partial charge < -0.3 is 23.8 Å². The first-order valence-electron chi connectivity index (χ1n) is 11.4. The van der Waals surface area contributed by atoms with E-state index >= 15 is 0 Å². The monoisotopic (exact) mass is 475 g/mol. The third kappa shape index (κ3) is 4.94. The minimum atomic E-state index is -0.648. The summed E-state index contributed by atoms with van der Waals surface area (Å²) >= 11 is 0. The number of benzene rings is 3. The second kappa shape index (κ2) is 10.5. The van der Waals surface area contributed by atoms with Gasteiger partial charge in [-0.15, -0.1) is 0 Å². The SMILES string of the molecule is COC(=O)c1ccc(C2C(Oc3ccccc3C)C(=O)N2CCc2ccc(OC)c(OC)c2)cc1. The summed E-state index contributed by atoms with van der Waals surface area (Å²) in [4.78, 5) is 26.9. The number of aryl methyl sites for hydroxylation is 1. The molecule has 1 heterocycles. The molecule has 0 saturated carbocycles. The fraction of sp³-hybridized carbons (Fsp3) is 0.286. The number of rotatable bonds is 9. The number of nitrogens with zero attached hydrogens (tertiary/aromatic N) is 1. The molecule has 2 unspecified atom stereocenters. The number of carbonyl (C=O) groups is 2. The number of β-lactam (4-membered cyclic amide) rings is 1. The number of para-hydroxylation sites is 1. The summed E-state index contributed by atoms with van der Waals surface area (Å²) in [6.07, 6.45) is -0.00889. The van der Waals surface area contributed by atoms with Crippen molar-refractivity contribution in [2.45, 2.75) is 25.5 Å². The Bertz CT molecular complexity index is 1210. The van der Waals surface area contributed by atoms with Gasteiger partial charge in [0.25, 0.3) is 5.91 Å². The number of methoxy groups -OCH3 is 3. The highest BCUT2D eigenvalue weighted by atomic mass is 16.5. The highest BCUT2D eigenvalue weighted by Gasteiger charge is 2.50. The molecular weight excluding hydrogens is 446 g/mol. The van der Waals surface area contributed by atoms with Crippen LogP contribution in [0.1, 0.15) is 33.1 Å². The van der Waals surface area contributed by atoms with Crippen molar-refractivity contribution in [1.82, 2.24) is 4.90 Å². The highest BCUT2D eigenvalue weighted by molar-refractivity contribution is 5.91. The van der Waals surface area contributed by atoms with Crippen molar-refractivity contribution in [2.75, 3.05) is 27.9 Å². The Kier molecular flexibility index (Phi) is 7.25. The molecular formula is C28H29NO6. The smallest absolute Gasteiger partial charge is 0.337 e. The fourth-order valence-corrected chi connectivity index (χ4v) is 4.28. The summed E-state index contributed by atoms with van der Waals surface area (Å²) in [5.74, 6) is 1.51. The minimum Gasteiger partial charge on any atom is -0.493 e. The largest absolute Gasteiger partial charge is 0.493 e. The maximum absolute atomic E-state index is 13.2. The van der Waals surface area contributed by atoms with E-state index in [0.717, 1.165) is 16.7 Å². The van der Waals surface area contributed by atoms with Gasteiger partial charge in [-0.1, -0.05) is 36.4 Å². The van der Waals surface area contributed by atoms with Crippen molar-refractivity contribution in [3.05, 3.63) is 89.0 Å². The molecule has 1 aliphatic heterocycles. The van der Waals surface area contributed by atoms with Gasteiger partial charge in [-0.05, 0) is 60.4 Å². The first-order chi connectivity index (χ1) is 17.0. The van der Waals surface area contributed by atoms with Gasteiger partial charge in [0.15, 0.2) is 11.5 Å². The average Bonchev–Trinajstić information content (AvgIpc) is 2.90. The second-order valence-corrected chi connectivity index (χ2v) is 8.33. The van der Waals surface area contributed by atoms with E-state index in [4.69, 9.17) is 18.9 Å². The van der Waals surface area contributed by atoms with Crippen molar-refractivity contribution in [3.8, 4) is 17.2 Å². The van der Waals surface area contributed by atoms with Crippen LogP contribution in [0, 0.1) is 6.92 Å². The first-order valence-corrected chi connectivity index (χ1v) is 11.4. The molecule has 1 fully saturated rings. The lowest BCUT2D eigenvalue weighted by molar-refractivity contribution is -0.164. The van der Waals surface area contributed by atoms with Gasteiger partial charge in [0.2, 0.25) is 6.10 Å². The van der Waals surface area contributed by atoms with Crippen LogP contribution in [-0.2, 0) is 16.0 Å². The van der Waals surface area contributed by atoms with Gasteiger partial charge in [-0.25, -0.2) is 4.79 Å². The Morgan fingerprint density at radius 2 is 1.60 bits per heavy atom. The van der Waals surface area contributed by atoms with E-state index in [1.165, 1.54) is 7.11 Å². The Hall–Kier alpha value is -4.00. The van der Waals surface area contributed by atoms with Gasteiger partial charge in [0.05, 0.1) is 26.9 Å². The van der Waals surface area contributed by atoms with E-state index in [0.29, 0.717) is 35.8 Å². The maximum atomic E-state index is 13.2. The van der Waals surface area contributed by atoms with Crippen LogP contribution in [0.5, 0.6) is 17.2 Å². The molecule has 4 rings (SSSR count). The number of hydrogen-bond donors (Lipinski definition) is 0. The molecule has 3 aromatic rings. The summed E-state index contributed by atoms with van der Waals surface area (Å²) in [6, 6.07) is 20.2. The van der Waals surface area contributed by atoms with Crippen molar-refractivity contribution >= 4 is 11.9 Å². The highest BCUT2D eigenvalue weighted by Crippen LogP contribution is 2.39. The molecule has 1 saturated heterocycles. The van der Waals surface area contributed by atoms with Crippen LogP contribution in [0.4, 0.5) is 0 Å². The van der Waals surface area contributed by atoms with E-state index in [1.807, 2.05) is 66.4 Å². The lowest BCUT2D eigenvalue weighted by Gasteiger charge is -2.47. The third-order valence-electron chi connectivity index (χ3n) is 6.26. The van der Waals surface area contributed by atoms with E-state index in [2.05, 4.69) is 0 Å². The van der Waals surface area contributed by atoms with Crippen molar-refractivity contribution < 1.29 is 28.5 Å². The van der Waals surface area contributed by atoms with E-state index < -0.39 is 12.1 Å². The number of esters is 1. The maximum Gasteiger partial charge on any atom is 0.337 e. The van der Waals surface area contributed by atoms with Gasteiger partial charge in [-0.3, -0.25) is 4.79 Å². The summed E-state index contributed by atoms with van der Waals surface area (Å²) < 4.78 is 21.7. The molecule has 0 bridgehead atoms. The molecule has 0 aromatic heterocycles. The van der Waals surface area contributed by atoms with Crippen molar-refractivity contribution in [3.63, 3.8) is 0 Å². The Morgan fingerprint density at radius 3 is 2.26 bits per heavy atom. The molecule has 7 nitrogen and oxygen atoms in total. The predicted octanol–water partition coefficient (Wildman–Crippen LogP) is 4.37. The van der Waals surface area contributed by atoms with Crippen LogP contribution in [0.25, 0.3) is 0 Å². The van der Waals surface area contributed by atoms with Crippen molar-refractivity contribution in [2.24, 2.45) is 0 Å². The standard InChI is InChI=1S/C28H29NO6/c1-18-7-5-6-8-22(18)35-26-25(20-10-12-21(13-11-20)28(31)34-4)29(27(26)30)16-15-19-9-14-23(32-2)24(17-19)33-3/h5-14,17,25-26H,15-16H2,1-4H3. The number of hydrogen-bond acceptors (Lipinski definition) is 6. The zero-order valence-corrected chi connectivity index (χ0v) is 20.3. The molecule has 35 heavy (non-hydrogen) atoms. The molecule has 182 valence electrons. The van der Waals surface area contributed by atoms with Crippen LogP contribution in [0.15, 0.2) is 66.7 Å². The molecule has 7 heteroatoms. The molecule has 1 aliphatic rings. The van der Waals surface area contributed by atoms with Gasteiger partial charge in [0, 0.05) is 6.54 Å². The number of likely N-dealkylation sites (tertiary alicyclic amines) is 1. The van der Waals surface area contributed by atoms with Gasteiger partial charge in [-0.2, -0.15) is 0 Å².